The van der Waals surface area contributed by atoms with Crippen molar-refractivity contribution in [1.29, 1.82) is 0 Å². The maximum Gasteiger partial charge on any atom is 0.128 e. The van der Waals surface area contributed by atoms with Gasteiger partial charge in [-0.2, -0.15) is 0 Å². The number of hydrogen-bond donors (Lipinski definition) is 1. The number of hydrogen-bond acceptors (Lipinski definition) is 4. The first kappa shape index (κ1) is 13.3. The van der Waals surface area contributed by atoms with Crippen LogP contribution in [-0.2, 0) is 0 Å². The van der Waals surface area contributed by atoms with Gasteiger partial charge >= 0.3 is 0 Å². The van der Waals surface area contributed by atoms with Crippen LogP contribution in [0.2, 0.25) is 0 Å². The van der Waals surface area contributed by atoms with Crippen LogP contribution in [0.5, 0.6) is 0 Å². The van der Waals surface area contributed by atoms with Crippen molar-refractivity contribution >= 4 is 5.82 Å². The highest BCUT2D eigenvalue weighted by atomic mass is 15.2. The van der Waals surface area contributed by atoms with E-state index in [1.165, 1.54) is 19.5 Å². The number of nitrogens with two attached hydrogens (primary N) is 1. The predicted octanol–water partition coefficient (Wildman–Crippen LogP) is 1.49. The van der Waals surface area contributed by atoms with E-state index >= 15 is 0 Å². The number of anilines is 1. The summed E-state index contributed by atoms with van der Waals surface area (Å²) < 4.78 is 0. The van der Waals surface area contributed by atoms with Crippen molar-refractivity contribution in [2.24, 2.45) is 11.7 Å². The molecule has 2 rings (SSSR count). The second kappa shape index (κ2) is 5.67. The van der Waals surface area contributed by atoms with E-state index in [-0.39, 0.29) is 6.04 Å². The van der Waals surface area contributed by atoms with Crippen LogP contribution in [0.4, 0.5) is 5.82 Å². The first-order valence-electron chi connectivity index (χ1n) is 6.67. The van der Waals surface area contributed by atoms with Gasteiger partial charge in [0.1, 0.15) is 5.82 Å². The molecule has 0 aromatic carbocycles. The molecule has 1 aromatic rings. The second-order valence-electron chi connectivity index (χ2n) is 5.53. The van der Waals surface area contributed by atoms with Crippen molar-refractivity contribution in [3.05, 3.63) is 23.9 Å². The maximum atomic E-state index is 5.91. The molecule has 1 aliphatic rings. The van der Waals surface area contributed by atoms with Crippen LogP contribution in [-0.4, -0.2) is 43.6 Å². The molecule has 1 unspecified atom stereocenters. The Hall–Kier alpha value is -1.13. The summed E-state index contributed by atoms with van der Waals surface area (Å²) in [5, 5.41) is 0. The molecule has 0 amide bonds. The molecule has 2 heterocycles. The summed E-state index contributed by atoms with van der Waals surface area (Å²) in [6.45, 7) is 5.48. The lowest BCUT2D eigenvalue weighted by Crippen LogP contribution is -2.28. The third-order valence-electron chi connectivity index (χ3n) is 3.71. The molecule has 0 radical (unpaired) electrons. The molecule has 0 saturated carbocycles. The summed E-state index contributed by atoms with van der Waals surface area (Å²) in [6, 6.07) is 4.16. The van der Waals surface area contributed by atoms with E-state index in [9.17, 15) is 0 Å². The van der Waals surface area contributed by atoms with Crippen molar-refractivity contribution in [3.63, 3.8) is 0 Å². The first-order valence-corrected chi connectivity index (χ1v) is 6.67. The van der Waals surface area contributed by atoms with Gasteiger partial charge in [-0.25, -0.2) is 4.98 Å². The smallest absolute Gasteiger partial charge is 0.128 e. The lowest BCUT2D eigenvalue weighted by Gasteiger charge is -2.23. The summed E-state index contributed by atoms with van der Waals surface area (Å²) in [7, 11) is 4.31. The molecule has 0 aliphatic carbocycles. The molecule has 4 heteroatoms. The summed E-state index contributed by atoms with van der Waals surface area (Å²) in [4.78, 5) is 9.08. The van der Waals surface area contributed by atoms with Gasteiger partial charge < -0.3 is 15.5 Å². The van der Waals surface area contributed by atoms with Crippen molar-refractivity contribution in [2.45, 2.75) is 19.4 Å². The average molecular weight is 248 g/mol. The maximum absolute atomic E-state index is 5.91. The van der Waals surface area contributed by atoms with Gasteiger partial charge in [-0.15, -0.1) is 0 Å². The van der Waals surface area contributed by atoms with Crippen molar-refractivity contribution in [1.82, 2.24) is 9.88 Å². The summed E-state index contributed by atoms with van der Waals surface area (Å²) in [6.07, 6.45) is 3.14. The van der Waals surface area contributed by atoms with Crippen LogP contribution in [0, 0.1) is 5.92 Å². The van der Waals surface area contributed by atoms with Crippen LogP contribution in [0.25, 0.3) is 0 Å². The van der Waals surface area contributed by atoms with Gasteiger partial charge in [-0.1, -0.05) is 0 Å². The van der Waals surface area contributed by atoms with E-state index in [1.807, 2.05) is 19.2 Å². The fourth-order valence-corrected chi connectivity index (χ4v) is 2.58. The SMILES string of the molecule is C[C@H](N)c1ccnc(N(C)CC2CCN(C)C2)c1. The van der Waals surface area contributed by atoms with Crippen molar-refractivity contribution in [2.75, 3.05) is 38.6 Å². The highest BCUT2D eigenvalue weighted by molar-refractivity contribution is 5.41. The summed E-state index contributed by atoms with van der Waals surface area (Å²) >= 11 is 0. The highest BCUT2D eigenvalue weighted by Gasteiger charge is 2.21. The van der Waals surface area contributed by atoms with Gasteiger partial charge in [0.25, 0.3) is 0 Å². The van der Waals surface area contributed by atoms with E-state index < -0.39 is 0 Å². The normalized spacial score (nSPS) is 22.1. The minimum absolute atomic E-state index is 0.0674. The third kappa shape index (κ3) is 3.21. The zero-order chi connectivity index (χ0) is 13.1. The predicted molar refractivity (Wildman–Crippen MR) is 75.7 cm³/mol. The van der Waals surface area contributed by atoms with Gasteiger partial charge in [-0.05, 0) is 50.6 Å². The quantitative estimate of drug-likeness (QED) is 0.877. The largest absolute Gasteiger partial charge is 0.359 e. The number of likely N-dealkylation sites (tertiary alicyclic amines) is 1. The Morgan fingerprint density at radius 1 is 1.61 bits per heavy atom. The van der Waals surface area contributed by atoms with Gasteiger partial charge in [0, 0.05) is 32.4 Å². The molecule has 1 saturated heterocycles. The van der Waals surface area contributed by atoms with Crippen LogP contribution < -0.4 is 10.6 Å². The second-order valence-corrected chi connectivity index (χ2v) is 5.53. The molecule has 1 fully saturated rings. The van der Waals surface area contributed by atoms with Crippen molar-refractivity contribution < 1.29 is 0 Å². The zero-order valence-corrected chi connectivity index (χ0v) is 11.6. The molecule has 100 valence electrons. The Kier molecular flexibility index (Phi) is 4.19. The summed E-state index contributed by atoms with van der Waals surface area (Å²) in [5.41, 5.74) is 7.06. The van der Waals surface area contributed by atoms with E-state index in [4.69, 9.17) is 5.73 Å². The molecule has 0 bridgehead atoms. The minimum Gasteiger partial charge on any atom is -0.359 e. The Morgan fingerprint density at radius 3 is 3.00 bits per heavy atom. The molecule has 18 heavy (non-hydrogen) atoms. The molecular formula is C14H24N4. The average Bonchev–Trinajstić information content (AvgIpc) is 2.75. The Balaban J connectivity index is 2.00. The molecular weight excluding hydrogens is 224 g/mol. The van der Waals surface area contributed by atoms with Gasteiger partial charge in [0.15, 0.2) is 0 Å². The Bertz CT molecular complexity index is 391. The molecule has 4 nitrogen and oxygen atoms in total. The van der Waals surface area contributed by atoms with Gasteiger partial charge in [0.2, 0.25) is 0 Å². The number of nitrogens with zero attached hydrogens (tertiary/aromatic N) is 3. The monoisotopic (exact) mass is 248 g/mol. The Labute approximate surface area is 110 Å². The number of pyridine rings is 1. The summed E-state index contributed by atoms with van der Waals surface area (Å²) in [5.74, 6) is 1.78. The lowest BCUT2D eigenvalue weighted by molar-refractivity contribution is 0.395. The van der Waals surface area contributed by atoms with Crippen LogP contribution in [0.1, 0.15) is 24.9 Å². The van der Waals surface area contributed by atoms with E-state index in [1.54, 1.807) is 0 Å². The van der Waals surface area contributed by atoms with E-state index in [0.717, 1.165) is 23.8 Å². The lowest BCUT2D eigenvalue weighted by atomic mass is 10.1. The fraction of sp³-hybridized carbons (Fsp3) is 0.643. The topological polar surface area (TPSA) is 45.4 Å². The molecule has 1 aliphatic heterocycles. The highest BCUT2D eigenvalue weighted by Crippen LogP contribution is 2.20. The number of aromatic nitrogens is 1. The molecule has 1 aromatic heterocycles. The van der Waals surface area contributed by atoms with Crippen LogP contribution in [0.3, 0.4) is 0 Å². The first-order chi connectivity index (χ1) is 8.56. The molecule has 0 spiro atoms. The van der Waals surface area contributed by atoms with Gasteiger partial charge in [0.05, 0.1) is 0 Å². The van der Waals surface area contributed by atoms with Crippen LogP contribution >= 0.6 is 0 Å². The standard InChI is InChI=1S/C14H24N4/c1-11(15)13-4-6-16-14(8-13)18(3)10-12-5-7-17(2)9-12/h4,6,8,11-12H,5,7,9-10,15H2,1-3H3/t11-,12?/m0/s1. The van der Waals surface area contributed by atoms with Crippen LogP contribution in [0.15, 0.2) is 18.3 Å². The third-order valence-corrected chi connectivity index (χ3v) is 3.71. The Morgan fingerprint density at radius 2 is 2.39 bits per heavy atom. The van der Waals surface area contributed by atoms with E-state index in [0.29, 0.717) is 0 Å². The molecule has 2 atom stereocenters. The minimum atomic E-state index is 0.0674. The van der Waals surface area contributed by atoms with E-state index in [2.05, 4.69) is 34.9 Å². The molecule has 2 N–H and O–H groups in total. The number of rotatable bonds is 4. The van der Waals surface area contributed by atoms with Crippen molar-refractivity contribution in [3.8, 4) is 0 Å². The van der Waals surface area contributed by atoms with Gasteiger partial charge in [-0.3, -0.25) is 0 Å². The zero-order valence-electron chi connectivity index (χ0n) is 11.6. The fourth-order valence-electron chi connectivity index (χ4n) is 2.58.